The van der Waals surface area contributed by atoms with Crippen molar-refractivity contribution in [1.82, 2.24) is 14.8 Å². The highest BCUT2D eigenvalue weighted by Gasteiger charge is 2.21. The molecule has 0 aliphatic carbocycles. The fourth-order valence-electron chi connectivity index (χ4n) is 2.93. The average Bonchev–Trinajstić information content (AvgIpc) is 3.09. The first-order valence-corrected chi connectivity index (χ1v) is 12.6. The summed E-state index contributed by atoms with van der Waals surface area (Å²) in [6.07, 6.45) is 0. The van der Waals surface area contributed by atoms with Crippen molar-refractivity contribution in [2.75, 3.05) is 11.1 Å². The normalized spacial score (nSPS) is 11.5. The largest absolute Gasteiger partial charge is 0.325 e. The van der Waals surface area contributed by atoms with E-state index in [0.29, 0.717) is 28.2 Å². The molecule has 0 saturated heterocycles. The quantitative estimate of drug-likeness (QED) is 0.486. The second-order valence-corrected chi connectivity index (χ2v) is 10.4. The lowest BCUT2D eigenvalue weighted by Gasteiger charge is -2.10. The summed E-state index contributed by atoms with van der Waals surface area (Å²) in [4.78, 5) is 12.6. The molecule has 0 saturated carbocycles. The molecule has 0 unspecified atom stereocenters. The van der Waals surface area contributed by atoms with Gasteiger partial charge in [0.25, 0.3) is 0 Å². The number of carbonyl (C=O) groups is 1. The summed E-state index contributed by atoms with van der Waals surface area (Å²) in [5.41, 5.74) is 2.55. The Hall–Kier alpha value is -2.36. The van der Waals surface area contributed by atoms with Gasteiger partial charge in [-0.15, -0.1) is 10.2 Å². The summed E-state index contributed by atoms with van der Waals surface area (Å²) in [5.74, 6) is 0.00728. The molecule has 164 valence electrons. The zero-order valence-electron chi connectivity index (χ0n) is 17.4. The van der Waals surface area contributed by atoms with Gasteiger partial charge in [0, 0.05) is 17.3 Å². The standard InChI is InChI=1S/C21H23ClN4O3S2/c1-4-26-19(13-31(28,29)17-8-5-14(2)6-9-17)24-25-21(26)30-12-20(27)23-18-10-7-16(22)11-15(18)3/h5-11H,4,12-13H2,1-3H3,(H,23,27). The van der Waals surface area contributed by atoms with Gasteiger partial charge in [0.05, 0.1) is 10.6 Å². The number of aromatic nitrogens is 3. The lowest BCUT2D eigenvalue weighted by Crippen LogP contribution is -2.16. The maximum absolute atomic E-state index is 12.8. The van der Waals surface area contributed by atoms with Gasteiger partial charge < -0.3 is 9.88 Å². The van der Waals surface area contributed by atoms with E-state index < -0.39 is 9.84 Å². The van der Waals surface area contributed by atoms with Crippen molar-refractivity contribution in [3.63, 3.8) is 0 Å². The molecule has 3 rings (SSSR count). The number of nitrogens with zero attached hydrogens (tertiary/aromatic N) is 3. The van der Waals surface area contributed by atoms with E-state index in [1.54, 1.807) is 47.0 Å². The predicted molar refractivity (Wildman–Crippen MR) is 123 cm³/mol. The van der Waals surface area contributed by atoms with Gasteiger partial charge in [0.2, 0.25) is 5.91 Å². The predicted octanol–water partition coefficient (Wildman–Crippen LogP) is 4.27. The monoisotopic (exact) mass is 478 g/mol. The van der Waals surface area contributed by atoms with Crippen LogP contribution in [0.5, 0.6) is 0 Å². The second-order valence-electron chi connectivity index (χ2n) is 7.01. The maximum Gasteiger partial charge on any atom is 0.234 e. The van der Waals surface area contributed by atoms with Crippen LogP contribution in [-0.2, 0) is 26.9 Å². The van der Waals surface area contributed by atoms with E-state index in [0.717, 1.165) is 11.1 Å². The van der Waals surface area contributed by atoms with E-state index >= 15 is 0 Å². The van der Waals surface area contributed by atoms with Crippen LogP contribution in [-0.4, -0.2) is 34.8 Å². The number of amides is 1. The van der Waals surface area contributed by atoms with Crippen LogP contribution in [0.15, 0.2) is 52.5 Å². The van der Waals surface area contributed by atoms with Crippen LogP contribution in [0.2, 0.25) is 5.02 Å². The molecule has 1 N–H and O–H groups in total. The Labute approximate surface area is 191 Å². The first kappa shape index (κ1) is 23.3. The minimum atomic E-state index is -3.55. The molecular formula is C21H23ClN4O3S2. The van der Waals surface area contributed by atoms with E-state index in [-0.39, 0.29) is 22.3 Å². The van der Waals surface area contributed by atoms with E-state index in [4.69, 9.17) is 11.6 Å². The molecule has 31 heavy (non-hydrogen) atoms. The minimum Gasteiger partial charge on any atom is -0.325 e. The molecule has 1 heterocycles. The molecule has 2 aromatic carbocycles. The number of hydrogen-bond acceptors (Lipinski definition) is 6. The van der Waals surface area contributed by atoms with Gasteiger partial charge in [0.15, 0.2) is 15.0 Å². The Kier molecular flexibility index (Phi) is 7.40. The van der Waals surface area contributed by atoms with Crippen molar-refractivity contribution in [1.29, 1.82) is 0 Å². The average molecular weight is 479 g/mol. The molecule has 10 heteroatoms. The Morgan fingerprint density at radius 1 is 1.13 bits per heavy atom. The zero-order valence-corrected chi connectivity index (χ0v) is 19.8. The smallest absolute Gasteiger partial charge is 0.234 e. The lowest BCUT2D eigenvalue weighted by molar-refractivity contribution is -0.113. The Bertz CT molecular complexity index is 1190. The number of hydrogen-bond donors (Lipinski definition) is 1. The van der Waals surface area contributed by atoms with Gasteiger partial charge in [0.1, 0.15) is 11.6 Å². The number of aryl methyl sites for hydroxylation is 2. The van der Waals surface area contributed by atoms with Crippen LogP contribution >= 0.6 is 23.4 Å². The van der Waals surface area contributed by atoms with Crippen molar-refractivity contribution < 1.29 is 13.2 Å². The number of nitrogens with one attached hydrogen (secondary N) is 1. The van der Waals surface area contributed by atoms with Gasteiger partial charge in [-0.2, -0.15) is 0 Å². The van der Waals surface area contributed by atoms with Crippen LogP contribution in [0, 0.1) is 13.8 Å². The molecule has 7 nitrogen and oxygen atoms in total. The second kappa shape index (κ2) is 9.84. The third kappa shape index (κ3) is 5.87. The highest BCUT2D eigenvalue weighted by atomic mass is 35.5. The van der Waals surface area contributed by atoms with Crippen LogP contribution in [0.4, 0.5) is 5.69 Å². The summed E-state index contributed by atoms with van der Waals surface area (Å²) >= 11 is 7.15. The molecule has 0 fully saturated rings. The topological polar surface area (TPSA) is 93.9 Å². The van der Waals surface area contributed by atoms with Gasteiger partial charge in [-0.1, -0.05) is 41.1 Å². The minimum absolute atomic E-state index is 0.116. The number of carbonyl (C=O) groups excluding carboxylic acids is 1. The van der Waals surface area contributed by atoms with Crippen molar-refractivity contribution >= 4 is 44.8 Å². The lowest BCUT2D eigenvalue weighted by atomic mass is 10.2. The van der Waals surface area contributed by atoms with Gasteiger partial charge in [-0.3, -0.25) is 4.79 Å². The molecule has 0 radical (unpaired) electrons. The van der Waals surface area contributed by atoms with Crippen LogP contribution in [0.1, 0.15) is 23.9 Å². The maximum atomic E-state index is 12.8. The fourth-order valence-corrected chi connectivity index (χ4v) is 5.25. The van der Waals surface area contributed by atoms with E-state index in [1.165, 1.54) is 11.8 Å². The molecule has 0 spiro atoms. The molecule has 1 aromatic heterocycles. The summed E-state index contributed by atoms with van der Waals surface area (Å²) in [7, 11) is -3.55. The van der Waals surface area contributed by atoms with Crippen molar-refractivity contribution in [2.45, 2.75) is 43.1 Å². The highest BCUT2D eigenvalue weighted by molar-refractivity contribution is 7.99. The number of sulfone groups is 1. The number of thioether (sulfide) groups is 1. The zero-order chi connectivity index (χ0) is 22.6. The van der Waals surface area contributed by atoms with E-state index in [1.807, 2.05) is 20.8 Å². The molecule has 0 atom stereocenters. The van der Waals surface area contributed by atoms with Crippen LogP contribution in [0.25, 0.3) is 0 Å². The van der Waals surface area contributed by atoms with Gasteiger partial charge in [-0.25, -0.2) is 8.42 Å². The Morgan fingerprint density at radius 2 is 1.84 bits per heavy atom. The molecule has 0 bridgehead atoms. The van der Waals surface area contributed by atoms with E-state index in [2.05, 4.69) is 15.5 Å². The third-order valence-corrected chi connectivity index (χ3v) is 7.43. The molecule has 0 aliphatic heterocycles. The fraction of sp³-hybridized carbons (Fsp3) is 0.286. The first-order valence-electron chi connectivity index (χ1n) is 9.60. The Morgan fingerprint density at radius 3 is 2.48 bits per heavy atom. The summed E-state index contributed by atoms with van der Waals surface area (Å²) in [5, 5.41) is 12.1. The van der Waals surface area contributed by atoms with Crippen molar-refractivity contribution in [3.05, 3.63) is 64.4 Å². The van der Waals surface area contributed by atoms with Crippen molar-refractivity contribution in [3.8, 4) is 0 Å². The molecule has 1 amide bonds. The Balaban J connectivity index is 1.68. The number of halogens is 1. The molecule has 3 aromatic rings. The van der Waals surface area contributed by atoms with Gasteiger partial charge in [-0.05, 0) is 56.7 Å². The number of anilines is 1. The number of benzene rings is 2. The third-order valence-electron chi connectivity index (χ3n) is 4.60. The van der Waals surface area contributed by atoms with E-state index in [9.17, 15) is 13.2 Å². The molecular weight excluding hydrogens is 456 g/mol. The summed E-state index contributed by atoms with van der Waals surface area (Å²) < 4.78 is 27.2. The van der Waals surface area contributed by atoms with Crippen molar-refractivity contribution in [2.24, 2.45) is 0 Å². The highest BCUT2D eigenvalue weighted by Crippen LogP contribution is 2.23. The van der Waals surface area contributed by atoms with Crippen LogP contribution < -0.4 is 5.32 Å². The summed E-state index contributed by atoms with van der Waals surface area (Å²) in [6, 6.07) is 12.0. The first-order chi connectivity index (χ1) is 14.7. The summed E-state index contributed by atoms with van der Waals surface area (Å²) in [6.45, 7) is 6.14. The van der Waals surface area contributed by atoms with Crippen LogP contribution in [0.3, 0.4) is 0 Å². The molecule has 0 aliphatic rings. The van der Waals surface area contributed by atoms with Gasteiger partial charge >= 0.3 is 0 Å². The SMILES string of the molecule is CCn1c(CS(=O)(=O)c2ccc(C)cc2)nnc1SCC(=O)Nc1ccc(Cl)cc1C. The number of rotatable bonds is 8.